The quantitative estimate of drug-likeness (QED) is 0.113. The maximum absolute atomic E-state index is 12.6. The Morgan fingerprint density at radius 1 is 0.850 bits per heavy atom. The van der Waals surface area contributed by atoms with E-state index in [2.05, 4.69) is 5.32 Å². The molecule has 3 rings (SSSR count). The number of ether oxygens (including phenoxy) is 4. The number of carbonyl (C=O) groups is 1. The maximum Gasteiger partial charge on any atom is 0.249 e. The summed E-state index contributed by atoms with van der Waals surface area (Å²) in [6.45, 7) is -0.898. The van der Waals surface area contributed by atoms with Gasteiger partial charge in [-0.2, -0.15) is 0 Å². The third kappa shape index (κ3) is 7.06. The number of carbonyl (C=O) groups excluding carboxylic acids is 1. The van der Waals surface area contributed by atoms with E-state index in [1.807, 2.05) is 0 Å². The number of nitrogens with one attached hydrogen (secondary N) is 1. The van der Waals surface area contributed by atoms with Crippen molar-refractivity contribution in [2.45, 2.75) is 111 Å². The van der Waals surface area contributed by atoms with Crippen molar-refractivity contribution in [2.75, 3.05) is 19.7 Å². The average Bonchev–Trinajstić information content (AvgIpc) is 2.92. The van der Waals surface area contributed by atoms with E-state index in [0.29, 0.717) is 0 Å². The molecule has 17 N–H and O–H groups in total. The Morgan fingerprint density at radius 2 is 1.45 bits per heavy atom. The maximum atomic E-state index is 12.6. The van der Waals surface area contributed by atoms with Crippen LogP contribution in [0.5, 0.6) is 0 Å². The van der Waals surface area contributed by atoms with Crippen LogP contribution in [0.3, 0.4) is 0 Å². The second kappa shape index (κ2) is 14.3. The van der Waals surface area contributed by atoms with Gasteiger partial charge in [-0.15, -0.1) is 0 Å². The average molecular weight is 586 g/mol. The van der Waals surface area contributed by atoms with E-state index in [9.17, 15) is 45.6 Å². The molecule has 2 heterocycles. The molecule has 1 saturated carbocycles. The molecule has 0 aromatic heterocycles. The molecule has 1 amide bonds. The zero-order valence-electron chi connectivity index (χ0n) is 21.7. The van der Waals surface area contributed by atoms with Crippen LogP contribution in [0.4, 0.5) is 0 Å². The molecule has 3 aliphatic rings. The predicted octanol–water partition coefficient (Wildman–Crippen LogP) is -8.42. The van der Waals surface area contributed by atoms with Gasteiger partial charge in [-0.25, -0.2) is 0 Å². The molecule has 16 atom stereocenters. The number of rotatable bonds is 10. The van der Waals surface area contributed by atoms with Gasteiger partial charge in [0.15, 0.2) is 12.6 Å². The Bertz CT molecular complexity index is 815. The van der Waals surface area contributed by atoms with Crippen LogP contribution in [0.25, 0.3) is 0 Å². The fraction of sp³-hybridized carbons (Fsp3) is 0.955. The molecule has 40 heavy (non-hydrogen) atoms. The molecule has 2 saturated heterocycles. The summed E-state index contributed by atoms with van der Waals surface area (Å²) < 4.78 is 22.5. The SMILES string of the molecule is NCC[C@H](O)C(=O)N[C@H]1C[C@@H](N)C(O[C@@H]2O[C@@H](CN)[C@H](O)C(O)C2O)C(O)[C@@H]1O[C@@H]1OC(CO)[C@@H](O)[C@@H](N)C1O. The van der Waals surface area contributed by atoms with Gasteiger partial charge in [0.1, 0.15) is 67.1 Å². The van der Waals surface area contributed by atoms with Gasteiger partial charge in [-0.1, -0.05) is 0 Å². The highest BCUT2D eigenvalue weighted by Gasteiger charge is 2.52. The normalized spacial score (nSPS) is 47.0. The van der Waals surface area contributed by atoms with Crippen molar-refractivity contribution in [3.63, 3.8) is 0 Å². The number of aliphatic hydroxyl groups excluding tert-OH is 8. The van der Waals surface area contributed by atoms with Gasteiger partial charge in [0.25, 0.3) is 0 Å². The molecular formula is C22H43N5O13. The van der Waals surface area contributed by atoms with Crippen LogP contribution in [0.1, 0.15) is 12.8 Å². The van der Waals surface area contributed by atoms with Gasteiger partial charge in [-0.3, -0.25) is 4.79 Å². The summed E-state index contributed by atoms with van der Waals surface area (Å²) >= 11 is 0. The Balaban J connectivity index is 1.85. The monoisotopic (exact) mass is 585 g/mol. The number of nitrogens with two attached hydrogens (primary N) is 4. The van der Waals surface area contributed by atoms with Crippen molar-refractivity contribution in [1.82, 2.24) is 5.32 Å². The molecule has 6 unspecified atom stereocenters. The molecule has 0 aromatic rings. The van der Waals surface area contributed by atoms with E-state index in [1.165, 1.54) is 0 Å². The second-order valence-electron chi connectivity index (χ2n) is 10.3. The minimum atomic E-state index is -1.76. The molecule has 0 aromatic carbocycles. The lowest BCUT2D eigenvalue weighted by atomic mass is 9.83. The number of amides is 1. The molecule has 3 fully saturated rings. The number of hydrogen-bond donors (Lipinski definition) is 13. The Hall–Kier alpha value is -1.17. The summed E-state index contributed by atoms with van der Waals surface area (Å²) in [5, 5.41) is 84.9. The fourth-order valence-corrected chi connectivity index (χ4v) is 5.07. The van der Waals surface area contributed by atoms with Crippen molar-refractivity contribution >= 4 is 5.91 Å². The first-order valence-corrected chi connectivity index (χ1v) is 13.1. The van der Waals surface area contributed by atoms with Gasteiger partial charge in [0.2, 0.25) is 5.91 Å². The molecule has 2 aliphatic heterocycles. The van der Waals surface area contributed by atoms with Crippen molar-refractivity contribution in [1.29, 1.82) is 0 Å². The van der Waals surface area contributed by atoms with Crippen LogP contribution in [0.15, 0.2) is 0 Å². The minimum Gasteiger partial charge on any atom is -0.394 e. The van der Waals surface area contributed by atoms with Gasteiger partial charge >= 0.3 is 0 Å². The van der Waals surface area contributed by atoms with Crippen LogP contribution >= 0.6 is 0 Å². The summed E-state index contributed by atoms with van der Waals surface area (Å²) in [5.41, 5.74) is 23.1. The molecule has 18 heteroatoms. The largest absolute Gasteiger partial charge is 0.394 e. The first-order valence-electron chi connectivity index (χ1n) is 13.1. The van der Waals surface area contributed by atoms with Crippen molar-refractivity contribution < 1.29 is 64.6 Å². The van der Waals surface area contributed by atoms with Gasteiger partial charge in [-0.05, 0) is 19.4 Å². The van der Waals surface area contributed by atoms with Crippen molar-refractivity contribution in [3.8, 4) is 0 Å². The Morgan fingerprint density at radius 3 is 2.05 bits per heavy atom. The lowest BCUT2D eigenvalue weighted by Crippen LogP contribution is -2.69. The number of aliphatic hydroxyl groups is 8. The highest BCUT2D eigenvalue weighted by atomic mass is 16.7. The van der Waals surface area contributed by atoms with Gasteiger partial charge in [0.05, 0.1) is 18.7 Å². The fourth-order valence-electron chi connectivity index (χ4n) is 5.07. The van der Waals surface area contributed by atoms with Crippen molar-refractivity contribution in [3.05, 3.63) is 0 Å². The van der Waals surface area contributed by atoms with Crippen molar-refractivity contribution in [2.24, 2.45) is 22.9 Å². The van der Waals surface area contributed by atoms with E-state index in [-0.39, 0.29) is 25.9 Å². The first-order chi connectivity index (χ1) is 18.9. The van der Waals surface area contributed by atoms with Crippen LogP contribution in [-0.4, -0.2) is 164 Å². The minimum absolute atomic E-state index is 0.0101. The highest BCUT2D eigenvalue weighted by molar-refractivity contribution is 5.80. The smallest absolute Gasteiger partial charge is 0.249 e. The third-order valence-electron chi connectivity index (χ3n) is 7.51. The van der Waals surface area contributed by atoms with Crippen LogP contribution < -0.4 is 28.3 Å². The topological polar surface area (TPSA) is 332 Å². The summed E-state index contributed by atoms with van der Waals surface area (Å²) in [4.78, 5) is 12.6. The van der Waals surface area contributed by atoms with Crippen LogP contribution in [-0.2, 0) is 23.7 Å². The molecule has 0 bridgehead atoms. The summed E-state index contributed by atoms with van der Waals surface area (Å²) in [7, 11) is 0. The van der Waals surface area contributed by atoms with Gasteiger partial charge < -0.3 is 88.1 Å². The molecule has 0 radical (unpaired) electrons. The van der Waals surface area contributed by atoms with E-state index in [4.69, 9.17) is 41.9 Å². The first kappa shape index (κ1) is 33.3. The molecule has 0 spiro atoms. The standard InChI is InChI=1S/C22H43N5O13/c23-2-1-8(29)20(36)27-7-3-6(25)18(39-22-16(34)15(33)13(31)9(4-24)37-22)17(35)19(7)40-21-14(32)11(26)12(30)10(5-28)38-21/h6-19,21-22,28-35H,1-5,23-26H2,(H,27,36)/t6-,7+,8+,9+,10?,11-,12-,13+,14?,15?,16?,17?,18?,19-,21+,22+/m1/s1. The van der Waals surface area contributed by atoms with Crippen LogP contribution in [0, 0.1) is 0 Å². The summed E-state index contributed by atoms with van der Waals surface area (Å²) in [6.07, 6.45) is -19.8. The summed E-state index contributed by atoms with van der Waals surface area (Å²) in [5.74, 6) is -0.845. The molecule has 18 nitrogen and oxygen atoms in total. The number of hydrogen-bond acceptors (Lipinski definition) is 17. The van der Waals surface area contributed by atoms with E-state index >= 15 is 0 Å². The lowest BCUT2D eigenvalue weighted by Gasteiger charge is -2.49. The zero-order valence-corrected chi connectivity index (χ0v) is 21.7. The third-order valence-corrected chi connectivity index (χ3v) is 7.51. The Labute approximate surface area is 229 Å². The Kier molecular flexibility index (Phi) is 11.9. The molecular weight excluding hydrogens is 542 g/mol. The zero-order chi connectivity index (χ0) is 29.9. The van der Waals surface area contributed by atoms with Gasteiger partial charge in [0, 0.05) is 12.6 Å². The van der Waals surface area contributed by atoms with Crippen LogP contribution in [0.2, 0.25) is 0 Å². The molecule has 1 aliphatic carbocycles. The molecule has 234 valence electrons. The summed E-state index contributed by atoms with van der Waals surface area (Å²) in [6, 6.07) is -3.45. The lowest BCUT2D eigenvalue weighted by molar-refractivity contribution is -0.332. The predicted molar refractivity (Wildman–Crippen MR) is 131 cm³/mol. The van der Waals surface area contributed by atoms with E-state index in [1.54, 1.807) is 0 Å². The van der Waals surface area contributed by atoms with E-state index < -0.39 is 110 Å². The highest BCUT2D eigenvalue weighted by Crippen LogP contribution is 2.32. The second-order valence-corrected chi connectivity index (χ2v) is 10.3. The van der Waals surface area contributed by atoms with E-state index in [0.717, 1.165) is 0 Å².